The highest BCUT2D eigenvalue weighted by molar-refractivity contribution is 5.76. The summed E-state index contributed by atoms with van der Waals surface area (Å²) >= 11 is 0. The van der Waals surface area contributed by atoms with Crippen molar-refractivity contribution in [1.82, 2.24) is 9.97 Å². The van der Waals surface area contributed by atoms with E-state index in [-0.39, 0.29) is 24.4 Å². The smallest absolute Gasteiger partial charge is 0.355 e. The Morgan fingerprint density at radius 1 is 1.04 bits per heavy atom. The first-order valence-electron chi connectivity index (χ1n) is 9.88. The maximum Gasteiger partial charge on any atom is 0.391 e. The lowest BCUT2D eigenvalue weighted by atomic mass is 9.76. The summed E-state index contributed by atoms with van der Waals surface area (Å²) < 4.78 is 38.6. The van der Waals surface area contributed by atoms with E-state index in [0.717, 1.165) is 42.3 Å². The Morgan fingerprint density at radius 2 is 1.71 bits per heavy atom. The van der Waals surface area contributed by atoms with E-state index in [1.807, 2.05) is 23.1 Å². The van der Waals surface area contributed by atoms with Gasteiger partial charge in [0.25, 0.3) is 0 Å². The summed E-state index contributed by atoms with van der Waals surface area (Å²) in [6.45, 7) is 0.684. The van der Waals surface area contributed by atoms with E-state index in [2.05, 4.69) is 9.97 Å². The Balaban J connectivity index is 1.51. The van der Waals surface area contributed by atoms with E-state index in [4.69, 9.17) is 11.5 Å². The average molecular weight is 393 g/mol. The van der Waals surface area contributed by atoms with Gasteiger partial charge in [0.15, 0.2) is 0 Å². The molecule has 1 aromatic heterocycles. The van der Waals surface area contributed by atoms with Crippen molar-refractivity contribution < 1.29 is 13.2 Å². The molecule has 0 radical (unpaired) electrons. The minimum absolute atomic E-state index is 0.0972. The molecule has 0 amide bonds. The lowest BCUT2D eigenvalue weighted by Crippen LogP contribution is -2.43. The second-order valence-electron chi connectivity index (χ2n) is 8.23. The number of hydrogen-bond donors (Lipinski definition) is 2. The van der Waals surface area contributed by atoms with Gasteiger partial charge in [-0.15, -0.1) is 0 Å². The van der Waals surface area contributed by atoms with Gasteiger partial charge in [-0.3, -0.25) is 4.98 Å². The maximum absolute atomic E-state index is 12.9. The van der Waals surface area contributed by atoms with Gasteiger partial charge in [-0.05, 0) is 56.2 Å². The summed E-state index contributed by atoms with van der Waals surface area (Å²) in [6, 6.07) is 6.11. The predicted octanol–water partition coefficient (Wildman–Crippen LogP) is 3.46. The van der Waals surface area contributed by atoms with Gasteiger partial charge in [-0.1, -0.05) is 6.07 Å². The highest BCUT2D eigenvalue weighted by Gasteiger charge is 2.41. The van der Waals surface area contributed by atoms with Crippen molar-refractivity contribution in [3.63, 3.8) is 0 Å². The number of nitrogens with two attached hydrogens (primary N) is 2. The molecule has 4 rings (SSSR count). The molecular formula is C20H26F3N5. The molecular weight excluding hydrogens is 367 g/mol. The molecule has 2 aliphatic rings. The molecule has 0 unspecified atom stereocenters. The van der Waals surface area contributed by atoms with Gasteiger partial charge in [-0.25, -0.2) is 4.98 Å². The summed E-state index contributed by atoms with van der Waals surface area (Å²) in [6.07, 6.45) is 1.25. The Labute approximate surface area is 162 Å². The van der Waals surface area contributed by atoms with Crippen LogP contribution in [0.15, 0.2) is 24.4 Å². The average Bonchev–Trinajstić information content (AvgIpc) is 2.69. The van der Waals surface area contributed by atoms with Crippen molar-refractivity contribution in [3.05, 3.63) is 30.0 Å². The molecule has 2 fully saturated rings. The number of halogens is 3. The van der Waals surface area contributed by atoms with Crippen LogP contribution in [0.1, 0.15) is 44.1 Å². The van der Waals surface area contributed by atoms with E-state index in [1.54, 1.807) is 6.20 Å². The van der Waals surface area contributed by atoms with Crippen LogP contribution in [-0.4, -0.2) is 35.3 Å². The number of alkyl halides is 3. The van der Waals surface area contributed by atoms with Crippen LogP contribution in [-0.2, 0) is 5.54 Å². The third-order valence-electron chi connectivity index (χ3n) is 6.31. The Hall–Kier alpha value is -1.93. The summed E-state index contributed by atoms with van der Waals surface area (Å²) in [4.78, 5) is 11.0. The molecule has 152 valence electrons. The highest BCUT2D eigenvalue weighted by atomic mass is 19.4. The number of nitrogens with zero attached hydrogens (tertiary/aromatic N) is 3. The van der Waals surface area contributed by atoms with Gasteiger partial charge in [0.2, 0.25) is 0 Å². The van der Waals surface area contributed by atoms with Crippen LogP contribution in [0.5, 0.6) is 0 Å². The highest BCUT2D eigenvalue weighted by Crippen LogP contribution is 2.37. The van der Waals surface area contributed by atoms with E-state index in [9.17, 15) is 13.2 Å². The molecule has 1 saturated heterocycles. The van der Waals surface area contributed by atoms with Crippen LogP contribution >= 0.6 is 0 Å². The second-order valence-corrected chi connectivity index (χ2v) is 8.23. The normalized spacial score (nSPS) is 27.3. The van der Waals surface area contributed by atoms with E-state index in [1.165, 1.54) is 0 Å². The molecule has 8 heteroatoms. The fraction of sp³-hybridized carbons (Fsp3) is 0.600. The molecule has 1 aromatic carbocycles. The largest absolute Gasteiger partial charge is 0.391 e. The molecule has 4 N–H and O–H groups in total. The van der Waals surface area contributed by atoms with Gasteiger partial charge in [0.05, 0.1) is 23.1 Å². The minimum atomic E-state index is -4.11. The van der Waals surface area contributed by atoms with Gasteiger partial charge in [-0.2, -0.15) is 13.2 Å². The first-order chi connectivity index (χ1) is 13.2. The minimum Gasteiger partial charge on any atom is -0.355 e. The van der Waals surface area contributed by atoms with Gasteiger partial charge < -0.3 is 16.4 Å². The molecule has 5 nitrogen and oxygen atoms in total. The van der Waals surface area contributed by atoms with Crippen molar-refractivity contribution in [3.8, 4) is 0 Å². The zero-order valence-corrected chi connectivity index (χ0v) is 15.8. The SMILES string of the molecule is NC1CCC(N)(c2ccc3nc(N4CCC(C(F)(F)F)CC4)cnc3c2)CC1. The molecule has 1 aliphatic heterocycles. The monoisotopic (exact) mass is 393 g/mol. The van der Waals surface area contributed by atoms with Crippen molar-refractivity contribution in [2.45, 2.75) is 56.3 Å². The Kier molecular flexibility index (Phi) is 4.95. The molecule has 0 spiro atoms. The lowest BCUT2D eigenvalue weighted by molar-refractivity contribution is -0.179. The van der Waals surface area contributed by atoms with E-state index in [0.29, 0.717) is 18.9 Å². The Bertz CT molecular complexity index is 837. The zero-order chi connectivity index (χ0) is 19.9. The third-order valence-corrected chi connectivity index (χ3v) is 6.31. The molecule has 28 heavy (non-hydrogen) atoms. The number of fused-ring (bicyclic) bond motifs is 1. The Morgan fingerprint density at radius 3 is 2.36 bits per heavy atom. The van der Waals surface area contributed by atoms with Crippen LogP contribution in [0.2, 0.25) is 0 Å². The molecule has 1 saturated carbocycles. The van der Waals surface area contributed by atoms with Crippen LogP contribution < -0.4 is 16.4 Å². The summed E-state index contributed by atoms with van der Waals surface area (Å²) in [5.74, 6) is -0.587. The lowest BCUT2D eigenvalue weighted by Gasteiger charge is -2.36. The van der Waals surface area contributed by atoms with Gasteiger partial charge >= 0.3 is 6.18 Å². The summed E-state index contributed by atoms with van der Waals surface area (Å²) in [5.41, 5.74) is 14.8. The topological polar surface area (TPSA) is 81.1 Å². The van der Waals surface area contributed by atoms with Crippen LogP contribution in [0, 0.1) is 5.92 Å². The van der Waals surface area contributed by atoms with Gasteiger partial charge in [0, 0.05) is 24.7 Å². The van der Waals surface area contributed by atoms with Crippen molar-refractivity contribution in [2.24, 2.45) is 17.4 Å². The standard InChI is InChI=1S/C20H26F3N5/c21-20(22,23)13-5-9-28(10-6-13)18-12-26-17-11-14(1-2-16(17)27-18)19(25)7-3-15(24)4-8-19/h1-2,11-13,15H,3-10,24-25H2. The van der Waals surface area contributed by atoms with Crippen molar-refractivity contribution in [2.75, 3.05) is 18.0 Å². The number of rotatable bonds is 2. The molecule has 1 aliphatic carbocycles. The predicted molar refractivity (Wildman–Crippen MR) is 103 cm³/mol. The van der Waals surface area contributed by atoms with Crippen molar-refractivity contribution in [1.29, 1.82) is 0 Å². The second kappa shape index (κ2) is 7.15. The quantitative estimate of drug-likeness (QED) is 0.817. The first-order valence-corrected chi connectivity index (χ1v) is 9.88. The number of hydrogen-bond acceptors (Lipinski definition) is 5. The third kappa shape index (κ3) is 3.80. The van der Waals surface area contributed by atoms with Gasteiger partial charge in [0.1, 0.15) is 5.82 Å². The molecule has 2 aromatic rings. The fourth-order valence-corrected chi connectivity index (χ4v) is 4.34. The summed E-state index contributed by atoms with van der Waals surface area (Å²) in [7, 11) is 0. The molecule has 2 heterocycles. The number of piperidine rings is 1. The number of benzene rings is 1. The maximum atomic E-state index is 12.9. The number of anilines is 1. The van der Waals surface area contributed by atoms with Crippen LogP contribution in [0.3, 0.4) is 0 Å². The zero-order valence-electron chi connectivity index (χ0n) is 15.8. The fourth-order valence-electron chi connectivity index (χ4n) is 4.34. The first kappa shape index (κ1) is 19.4. The van der Waals surface area contributed by atoms with E-state index >= 15 is 0 Å². The number of aromatic nitrogens is 2. The van der Waals surface area contributed by atoms with Crippen molar-refractivity contribution >= 4 is 16.9 Å². The van der Waals surface area contributed by atoms with Crippen LogP contribution in [0.25, 0.3) is 11.0 Å². The van der Waals surface area contributed by atoms with E-state index < -0.39 is 12.1 Å². The van der Waals surface area contributed by atoms with Crippen LogP contribution in [0.4, 0.5) is 19.0 Å². The molecule has 0 bridgehead atoms. The molecule has 0 atom stereocenters. The summed E-state index contributed by atoms with van der Waals surface area (Å²) in [5, 5.41) is 0.